The van der Waals surface area contributed by atoms with Gasteiger partial charge in [-0.2, -0.15) is 0 Å². The zero-order valence-electron chi connectivity index (χ0n) is 25.6. The van der Waals surface area contributed by atoms with E-state index >= 15 is 0 Å². The van der Waals surface area contributed by atoms with E-state index in [1.54, 1.807) is 22.3 Å². The molecular weight excluding hydrogens is 622 g/mol. The van der Waals surface area contributed by atoms with Crippen molar-refractivity contribution in [2.24, 2.45) is 0 Å². The van der Waals surface area contributed by atoms with Gasteiger partial charge in [0.25, 0.3) is 0 Å². The van der Waals surface area contributed by atoms with Gasteiger partial charge in [-0.05, 0) is 0 Å². The fraction of sp³-hybridized carbons (Fsp3) is 0.429. The molecule has 12 aliphatic heterocycles. The third-order valence-electron chi connectivity index (χ3n) is 23.0. The van der Waals surface area contributed by atoms with Crippen molar-refractivity contribution in [2.75, 3.05) is 0 Å². The van der Waals surface area contributed by atoms with Crippen LogP contribution in [0.15, 0.2) is 121 Å². The second kappa shape index (κ2) is 4.05. The molecule has 4 aromatic rings. The van der Waals surface area contributed by atoms with Crippen LogP contribution < -0.4 is 0 Å². The van der Waals surface area contributed by atoms with Crippen molar-refractivity contribution >= 4 is 15.8 Å². The molecule has 0 bridgehead atoms. The van der Waals surface area contributed by atoms with Gasteiger partial charge in [-0.1, -0.05) is 0 Å². The molecule has 0 amide bonds. The average Bonchev–Trinajstić information content (AvgIpc) is 3.94. The maximum absolute atomic E-state index is 3.84. The third kappa shape index (κ3) is 0.712. The monoisotopic (exact) mass is 662 g/mol. The van der Waals surface area contributed by atoms with Crippen LogP contribution >= 0.6 is 15.8 Å². The van der Waals surface area contributed by atoms with Gasteiger partial charge in [0.05, 0.1) is 0 Å². The summed E-state index contributed by atoms with van der Waals surface area (Å²) in [6.45, 7) is -3.84. The molecule has 0 N–H and O–H groups in total. The van der Waals surface area contributed by atoms with Gasteiger partial charge in [0.1, 0.15) is 0 Å². The molecule has 12 unspecified atom stereocenters. The summed E-state index contributed by atoms with van der Waals surface area (Å²) < 4.78 is 1.88. The Balaban J connectivity index is 0.962. The Morgan fingerprint density at radius 1 is 0.378 bits per heavy atom. The summed E-state index contributed by atoms with van der Waals surface area (Å²) in [6, 6.07) is 48.5. The second-order valence-corrected chi connectivity index (χ2v) is 49.0. The molecule has 45 heavy (non-hydrogen) atoms. The van der Waals surface area contributed by atoms with Gasteiger partial charge in [-0.25, -0.2) is 0 Å². The van der Waals surface area contributed by atoms with Crippen LogP contribution in [-0.2, 0) is 6.51 Å². The topological polar surface area (TPSA) is 0 Å². The van der Waals surface area contributed by atoms with E-state index in [-0.39, 0.29) is 15.8 Å². The summed E-state index contributed by atoms with van der Waals surface area (Å²) in [4.78, 5) is 10.8. The molecule has 16 rings (SSSR count). The molecule has 226 valence electrons. The first-order valence-electron chi connectivity index (χ1n) is 18.1. The minimum absolute atomic E-state index is 0.0149. The quantitative estimate of drug-likeness (QED) is 0.142. The van der Waals surface area contributed by atoms with Crippen molar-refractivity contribution in [1.29, 1.82) is 0 Å². The zero-order valence-corrected chi connectivity index (χ0v) is 28.4. The van der Waals surface area contributed by atoms with E-state index in [9.17, 15) is 0 Å². The minimum atomic E-state index is -3.84. The van der Waals surface area contributed by atoms with Gasteiger partial charge in [-0.3, -0.25) is 0 Å². The van der Waals surface area contributed by atoms with Crippen LogP contribution in [-0.4, -0.2) is 8.11 Å². The molecule has 12 saturated heterocycles. The van der Waals surface area contributed by atoms with E-state index in [0.717, 1.165) is 30.7 Å². The molecule has 0 nitrogen and oxygen atoms in total. The Morgan fingerprint density at radius 2 is 0.622 bits per heavy atom. The predicted molar refractivity (Wildman–Crippen MR) is 185 cm³/mol. The maximum atomic E-state index is 2.56. The van der Waals surface area contributed by atoms with E-state index < -0.39 is 6.51 Å². The molecule has 12 atom stereocenters. The van der Waals surface area contributed by atoms with Crippen molar-refractivity contribution in [3.63, 3.8) is 0 Å². The molecule has 0 radical (unpaired) electrons. The van der Waals surface area contributed by atoms with Crippen LogP contribution in [0.25, 0.3) is 0 Å². The van der Waals surface area contributed by atoms with Gasteiger partial charge in [0.15, 0.2) is 0 Å². The Kier molecular flexibility index (Phi) is 2.05. The first-order valence-corrected chi connectivity index (χ1v) is 27.2. The fourth-order valence-electron chi connectivity index (χ4n) is 24.3. The van der Waals surface area contributed by atoms with Crippen molar-refractivity contribution in [1.82, 2.24) is 0 Å². The van der Waals surface area contributed by atoms with Gasteiger partial charge in [0, 0.05) is 0 Å². The molecule has 12 aliphatic rings. The molecule has 12 heterocycles. The van der Waals surface area contributed by atoms with Crippen molar-refractivity contribution < 1.29 is 6.51 Å². The molecule has 12 fully saturated rings. The summed E-state index contributed by atoms with van der Waals surface area (Å²) in [5.74, 6) is 0. The Hall–Kier alpha value is -1.74. The molecule has 0 aliphatic carbocycles. The van der Waals surface area contributed by atoms with Gasteiger partial charge in [-0.15, -0.1) is 0 Å². The predicted octanol–water partition coefficient (Wildman–Crippen LogP) is 12.7. The van der Waals surface area contributed by atoms with E-state index in [2.05, 4.69) is 121 Å². The van der Waals surface area contributed by atoms with Crippen LogP contribution in [0, 0.1) is 0 Å². The molecule has 1 spiro atoms. The summed E-state index contributed by atoms with van der Waals surface area (Å²) in [7, 11) is -0.0297. The fourth-order valence-corrected chi connectivity index (χ4v) is 134. The number of hydrogen-bond acceptors (Lipinski definition) is 0. The third-order valence-corrected chi connectivity index (χ3v) is 81.7. The zero-order chi connectivity index (χ0) is 28.7. The SMILES string of the molecule is c1ccc(C2CCC(c3ccccc3)P2[C]23[CH]4[CH]5[CH]6[CH]2[Fe]56432789[CH]3[CH]2[CH]7[C]8(P2C(c4ccccc4)CCC2c2ccccc2)[CH]39)cc1. The van der Waals surface area contributed by atoms with E-state index in [1.165, 1.54) is 64.2 Å². The van der Waals surface area contributed by atoms with Crippen LogP contribution in [0.1, 0.15) is 70.6 Å². The molecule has 3 heteroatoms. The van der Waals surface area contributed by atoms with Gasteiger partial charge >= 0.3 is 261 Å². The standard InChI is InChI=1S/2C21H20P.Fe/c2*1-3-9-17(10-4-1)20-15-16-21(18-11-5-2-6-12-18)22(20)19-13-7-8-14-19;/h2*1-14,20-21H,15-16H2;. The van der Waals surface area contributed by atoms with Crippen LogP contribution in [0.5, 0.6) is 0 Å². The normalized spacial score (nSPS) is 67.2. The number of hydrogen-bond donors (Lipinski definition) is 0. The van der Waals surface area contributed by atoms with E-state index in [1.807, 2.05) is 0 Å². The van der Waals surface area contributed by atoms with Gasteiger partial charge in [0.2, 0.25) is 0 Å². The van der Waals surface area contributed by atoms with E-state index in [4.69, 9.17) is 0 Å². The molecule has 4 aromatic carbocycles. The Morgan fingerprint density at radius 3 is 0.844 bits per heavy atom. The summed E-state index contributed by atoms with van der Waals surface area (Å²) in [6.07, 6.45) is 5.85. The van der Waals surface area contributed by atoms with Crippen LogP contribution in [0.3, 0.4) is 0 Å². The first kappa shape index (κ1) is 22.8. The van der Waals surface area contributed by atoms with E-state index in [0.29, 0.717) is 0 Å². The second-order valence-electron chi connectivity index (χ2n) is 19.4. The average molecular weight is 663 g/mol. The molecule has 0 aromatic heterocycles. The molecule has 0 saturated carbocycles. The van der Waals surface area contributed by atoms with Crippen LogP contribution in [0.2, 0.25) is 38.5 Å². The number of fused-ring (bicyclic) bond motifs is 10. The summed E-state index contributed by atoms with van der Waals surface area (Å²) in [5.41, 5.74) is 10.4. The van der Waals surface area contributed by atoms with Crippen LogP contribution in [0.4, 0.5) is 0 Å². The Labute approximate surface area is 259 Å². The Bertz CT molecular complexity index is 2160. The molecular formula is C42H40FeP2. The first-order chi connectivity index (χ1) is 22.1. The van der Waals surface area contributed by atoms with Crippen molar-refractivity contribution in [3.8, 4) is 0 Å². The van der Waals surface area contributed by atoms with Crippen molar-refractivity contribution in [3.05, 3.63) is 144 Å². The summed E-state index contributed by atoms with van der Waals surface area (Å²) >= 11 is 0. The number of benzene rings is 4. The summed E-state index contributed by atoms with van der Waals surface area (Å²) in [5, 5.41) is 0. The van der Waals surface area contributed by atoms with Crippen molar-refractivity contribution in [2.45, 2.75) is 95.0 Å². The number of rotatable bonds is 6. The van der Waals surface area contributed by atoms with Gasteiger partial charge < -0.3 is 0 Å².